The van der Waals surface area contributed by atoms with E-state index < -0.39 is 15.9 Å². The first-order chi connectivity index (χ1) is 18.2. The lowest BCUT2D eigenvalue weighted by Gasteiger charge is -2.37. The van der Waals surface area contributed by atoms with Crippen LogP contribution in [-0.2, 0) is 9.84 Å². The summed E-state index contributed by atoms with van der Waals surface area (Å²) in [5.41, 5.74) is 1.04. The summed E-state index contributed by atoms with van der Waals surface area (Å²) in [6, 6.07) is 16.7. The Bertz CT molecular complexity index is 1350. The van der Waals surface area contributed by atoms with Gasteiger partial charge in [0.05, 0.1) is 29.8 Å². The molecule has 1 aliphatic rings. The molecule has 4 rings (SSSR count). The Morgan fingerprint density at radius 1 is 0.923 bits per heavy atom. The van der Waals surface area contributed by atoms with Gasteiger partial charge in [-0.3, -0.25) is 4.90 Å². The van der Waals surface area contributed by atoms with Gasteiger partial charge < -0.3 is 24.2 Å². The summed E-state index contributed by atoms with van der Waals surface area (Å²) in [4.78, 5) is 4.30. The Morgan fingerprint density at radius 3 is 2.23 bits per heavy atom. The molecule has 1 atom stereocenters. The van der Waals surface area contributed by atoms with Gasteiger partial charge >= 0.3 is 0 Å². The van der Waals surface area contributed by atoms with Gasteiger partial charge in [0.1, 0.15) is 34.1 Å². The highest BCUT2D eigenvalue weighted by molar-refractivity contribution is 7.91. The highest BCUT2D eigenvalue weighted by Gasteiger charge is 2.27. The second-order valence-electron chi connectivity index (χ2n) is 8.79. The number of aliphatic hydroxyl groups is 1. The van der Waals surface area contributed by atoms with Gasteiger partial charge in [-0.1, -0.05) is 35.3 Å². The fourth-order valence-electron chi connectivity index (χ4n) is 4.33. The van der Waals surface area contributed by atoms with Crippen molar-refractivity contribution in [2.75, 3.05) is 58.5 Å². The number of nitrogens with zero attached hydrogens (tertiary/aromatic N) is 2. The predicted molar refractivity (Wildman–Crippen MR) is 155 cm³/mol. The smallest absolute Gasteiger partial charge is 0.210 e. The molecular formula is C27H31Cl3N2O6S. The molecule has 0 aromatic heterocycles. The molecule has 0 aliphatic carbocycles. The Morgan fingerprint density at radius 2 is 1.59 bits per heavy atom. The van der Waals surface area contributed by atoms with E-state index in [4.69, 9.17) is 37.4 Å². The van der Waals surface area contributed by atoms with E-state index in [9.17, 15) is 13.5 Å². The maximum absolute atomic E-state index is 13.4. The number of sulfone groups is 1. The van der Waals surface area contributed by atoms with Gasteiger partial charge in [0, 0.05) is 32.7 Å². The summed E-state index contributed by atoms with van der Waals surface area (Å²) < 4.78 is 43.1. The van der Waals surface area contributed by atoms with E-state index in [2.05, 4.69) is 9.80 Å². The van der Waals surface area contributed by atoms with Crippen molar-refractivity contribution in [2.24, 2.45) is 0 Å². The van der Waals surface area contributed by atoms with E-state index >= 15 is 0 Å². The lowest BCUT2D eigenvalue weighted by molar-refractivity contribution is 0.0653. The summed E-state index contributed by atoms with van der Waals surface area (Å²) in [5.74, 6) is 1.27. The summed E-state index contributed by atoms with van der Waals surface area (Å²) in [6.07, 6.45) is -0.876. The quantitative estimate of drug-likeness (QED) is 0.346. The number of anilines is 1. The number of methoxy groups -OCH3 is 2. The molecular weight excluding hydrogens is 587 g/mol. The Hall–Kier alpha value is -2.40. The Kier molecular flexibility index (Phi) is 11.0. The van der Waals surface area contributed by atoms with Crippen LogP contribution in [0, 0.1) is 0 Å². The molecule has 0 spiro atoms. The molecule has 1 unspecified atom stereocenters. The maximum atomic E-state index is 13.4. The average Bonchev–Trinajstić information content (AvgIpc) is 2.94. The van der Waals surface area contributed by atoms with Gasteiger partial charge in [0.25, 0.3) is 0 Å². The largest absolute Gasteiger partial charge is 0.497 e. The number of halogens is 3. The minimum Gasteiger partial charge on any atom is -0.497 e. The van der Waals surface area contributed by atoms with Crippen molar-refractivity contribution in [3.8, 4) is 17.2 Å². The number of β-amino-alcohol motifs (C(OH)–C–C–N with tert-alkyl or cyclic N) is 1. The van der Waals surface area contributed by atoms with Crippen molar-refractivity contribution < 1.29 is 27.7 Å². The van der Waals surface area contributed by atoms with Crippen LogP contribution in [0.15, 0.2) is 70.5 Å². The van der Waals surface area contributed by atoms with Crippen LogP contribution < -0.4 is 19.1 Å². The lowest BCUT2D eigenvalue weighted by Crippen LogP contribution is -2.49. The van der Waals surface area contributed by atoms with E-state index in [1.165, 1.54) is 31.4 Å². The fraction of sp³-hybridized carbons (Fsp3) is 0.333. The molecule has 0 amide bonds. The van der Waals surface area contributed by atoms with E-state index in [1.54, 1.807) is 19.2 Å². The molecule has 1 saturated heterocycles. The van der Waals surface area contributed by atoms with Crippen molar-refractivity contribution in [1.82, 2.24) is 4.90 Å². The van der Waals surface area contributed by atoms with Gasteiger partial charge in [-0.2, -0.15) is 0 Å². The number of aliphatic hydroxyl groups excluding tert-OH is 1. The van der Waals surface area contributed by atoms with Crippen LogP contribution in [0.3, 0.4) is 0 Å². The number of hydrogen-bond donors (Lipinski definition) is 1. The number of rotatable bonds is 10. The van der Waals surface area contributed by atoms with Gasteiger partial charge in [-0.15, -0.1) is 12.4 Å². The highest BCUT2D eigenvalue weighted by atomic mass is 35.5. The molecule has 3 aromatic carbocycles. The third-order valence-electron chi connectivity index (χ3n) is 6.36. The number of benzene rings is 3. The zero-order valence-electron chi connectivity index (χ0n) is 21.5. The van der Waals surface area contributed by atoms with Crippen LogP contribution in [0.4, 0.5) is 5.69 Å². The first-order valence-corrected chi connectivity index (χ1v) is 14.3. The molecule has 0 bridgehead atoms. The van der Waals surface area contributed by atoms with Crippen molar-refractivity contribution in [3.05, 3.63) is 70.7 Å². The molecule has 1 N–H and O–H groups in total. The summed E-state index contributed by atoms with van der Waals surface area (Å²) in [7, 11) is -0.821. The molecule has 1 heterocycles. The zero-order chi connectivity index (χ0) is 27.3. The predicted octanol–water partition coefficient (Wildman–Crippen LogP) is 4.83. The minimum atomic E-state index is -3.98. The third-order valence-corrected chi connectivity index (χ3v) is 8.94. The zero-order valence-corrected chi connectivity index (χ0v) is 24.7. The van der Waals surface area contributed by atoms with Crippen molar-refractivity contribution in [1.29, 1.82) is 0 Å². The van der Waals surface area contributed by atoms with Gasteiger partial charge in [-0.05, 0) is 48.5 Å². The first-order valence-electron chi connectivity index (χ1n) is 12.0. The lowest BCUT2D eigenvalue weighted by atomic mass is 10.2. The number of para-hydroxylation sites is 2. The molecule has 3 aromatic rings. The van der Waals surface area contributed by atoms with Gasteiger partial charge in [-0.25, -0.2) is 8.42 Å². The molecule has 39 heavy (non-hydrogen) atoms. The molecule has 212 valence electrons. The van der Waals surface area contributed by atoms with Crippen LogP contribution in [0.2, 0.25) is 10.0 Å². The summed E-state index contributed by atoms with van der Waals surface area (Å²) in [5, 5.41) is 10.8. The summed E-state index contributed by atoms with van der Waals surface area (Å²) >= 11 is 12.5. The minimum absolute atomic E-state index is 0. The van der Waals surface area contributed by atoms with Crippen molar-refractivity contribution >= 4 is 51.1 Å². The second-order valence-corrected chi connectivity index (χ2v) is 11.5. The van der Waals surface area contributed by atoms with Crippen molar-refractivity contribution in [2.45, 2.75) is 15.9 Å². The van der Waals surface area contributed by atoms with Crippen LogP contribution in [0.5, 0.6) is 17.2 Å². The number of piperazine rings is 1. The van der Waals surface area contributed by atoms with E-state index in [-0.39, 0.29) is 44.6 Å². The maximum Gasteiger partial charge on any atom is 0.210 e. The highest BCUT2D eigenvalue weighted by Crippen LogP contribution is 2.40. The standard InChI is InChI=1S/C27H30Cl2N2O6S.ClH/c1-35-20-7-9-21(10-8-20)38(33,34)25-12-11-22(28)26(29)27(25)37-18-19(32)17-30-13-15-31(16-14-30)23-5-3-4-6-24(23)36-2;/h3-12,19,32H,13-18H2,1-2H3;1H. The molecule has 0 radical (unpaired) electrons. The van der Waals surface area contributed by atoms with Crippen LogP contribution in [0.1, 0.15) is 0 Å². The number of hydrogen-bond acceptors (Lipinski definition) is 8. The third kappa shape index (κ3) is 7.22. The van der Waals surface area contributed by atoms with Gasteiger partial charge in [0.15, 0.2) is 5.75 Å². The Balaban J connectivity index is 0.00000420. The van der Waals surface area contributed by atoms with Crippen molar-refractivity contribution in [3.63, 3.8) is 0 Å². The molecule has 8 nitrogen and oxygen atoms in total. The topological polar surface area (TPSA) is 88.5 Å². The summed E-state index contributed by atoms with van der Waals surface area (Å²) in [6.45, 7) is 3.24. The first kappa shape index (κ1) is 31.1. The normalized spacial score (nSPS) is 14.8. The van der Waals surface area contributed by atoms with Crippen LogP contribution in [-0.4, -0.2) is 78.1 Å². The number of ether oxygens (including phenoxy) is 3. The van der Waals surface area contributed by atoms with Crippen LogP contribution in [0.25, 0.3) is 0 Å². The molecule has 1 fully saturated rings. The monoisotopic (exact) mass is 616 g/mol. The Labute approximate surface area is 245 Å². The molecule has 1 aliphatic heterocycles. The van der Waals surface area contributed by atoms with E-state index in [1.807, 2.05) is 24.3 Å². The second kappa shape index (κ2) is 13.8. The van der Waals surface area contributed by atoms with E-state index in [0.29, 0.717) is 12.3 Å². The SMILES string of the molecule is COc1ccc(S(=O)(=O)c2ccc(Cl)c(Cl)c2OCC(O)CN2CCN(c3ccccc3OC)CC2)cc1.Cl. The van der Waals surface area contributed by atoms with Crippen LogP contribution >= 0.6 is 35.6 Å². The molecule has 12 heteroatoms. The average molecular weight is 618 g/mol. The fourth-order valence-corrected chi connectivity index (χ4v) is 6.16. The van der Waals surface area contributed by atoms with E-state index in [0.717, 1.165) is 37.6 Å². The molecule has 0 saturated carbocycles. The van der Waals surface area contributed by atoms with Gasteiger partial charge in [0.2, 0.25) is 9.84 Å².